The van der Waals surface area contributed by atoms with E-state index < -0.39 is 11.9 Å². The Bertz CT molecular complexity index is 649. The van der Waals surface area contributed by atoms with Crippen LogP contribution in [-0.2, 0) is 4.79 Å². The Morgan fingerprint density at radius 2 is 2.12 bits per heavy atom. The third kappa shape index (κ3) is 4.18. The number of benzene rings is 1. The molecule has 1 amide bonds. The summed E-state index contributed by atoms with van der Waals surface area (Å²) in [5.41, 5.74) is 0.364. The second-order valence-electron chi connectivity index (χ2n) is 6.16. The predicted octanol–water partition coefficient (Wildman–Crippen LogP) is 3.46. The average Bonchev–Trinajstić information content (AvgIpc) is 2.59. The van der Waals surface area contributed by atoms with Crippen LogP contribution in [0.5, 0.6) is 11.5 Å². The Labute approximate surface area is 152 Å². The topological polar surface area (TPSA) is 76.1 Å². The fourth-order valence-electron chi connectivity index (χ4n) is 3.11. The van der Waals surface area contributed by atoms with Crippen molar-refractivity contribution in [3.8, 4) is 11.5 Å². The molecule has 0 saturated carbocycles. The SMILES string of the molecule is CCCOc1c(Cl)cc(C(=O)N2CCC[C@H](C(=O)O)[C@@H]2C)cc1OC. The number of carbonyl (C=O) groups is 2. The molecule has 1 aliphatic rings. The lowest BCUT2D eigenvalue weighted by atomic mass is 9.90. The molecule has 1 aliphatic heterocycles. The van der Waals surface area contributed by atoms with E-state index in [1.165, 1.54) is 7.11 Å². The number of amides is 1. The van der Waals surface area contributed by atoms with Crippen molar-refractivity contribution in [1.29, 1.82) is 0 Å². The van der Waals surface area contributed by atoms with Crippen LogP contribution in [0.15, 0.2) is 12.1 Å². The van der Waals surface area contributed by atoms with Crippen molar-refractivity contribution in [3.63, 3.8) is 0 Å². The Kier molecular flexibility index (Phi) is 6.53. The molecular formula is C18H24ClNO5. The molecular weight excluding hydrogens is 346 g/mol. The summed E-state index contributed by atoms with van der Waals surface area (Å²) in [4.78, 5) is 25.9. The van der Waals surface area contributed by atoms with E-state index in [0.717, 1.165) is 6.42 Å². The number of carboxylic acid groups (broad SMARTS) is 1. The highest BCUT2D eigenvalue weighted by atomic mass is 35.5. The maximum Gasteiger partial charge on any atom is 0.308 e. The largest absolute Gasteiger partial charge is 0.493 e. The first kappa shape index (κ1) is 19.4. The summed E-state index contributed by atoms with van der Waals surface area (Å²) < 4.78 is 10.9. The predicted molar refractivity (Wildman–Crippen MR) is 94.6 cm³/mol. The van der Waals surface area contributed by atoms with Crippen LogP contribution in [0.25, 0.3) is 0 Å². The van der Waals surface area contributed by atoms with Gasteiger partial charge in [-0.1, -0.05) is 18.5 Å². The summed E-state index contributed by atoms with van der Waals surface area (Å²) >= 11 is 6.28. The van der Waals surface area contributed by atoms with E-state index in [4.69, 9.17) is 21.1 Å². The van der Waals surface area contributed by atoms with E-state index in [1.54, 1.807) is 24.0 Å². The minimum absolute atomic E-state index is 0.249. The number of nitrogens with zero attached hydrogens (tertiary/aromatic N) is 1. The highest BCUT2D eigenvalue weighted by molar-refractivity contribution is 6.32. The minimum atomic E-state index is -0.871. The van der Waals surface area contributed by atoms with Gasteiger partial charge in [0.2, 0.25) is 0 Å². The Balaban J connectivity index is 2.29. The van der Waals surface area contributed by atoms with Crippen LogP contribution in [0.4, 0.5) is 0 Å². The zero-order chi connectivity index (χ0) is 18.6. The van der Waals surface area contributed by atoms with Crippen LogP contribution in [0.3, 0.4) is 0 Å². The van der Waals surface area contributed by atoms with Crippen LogP contribution < -0.4 is 9.47 Å². The van der Waals surface area contributed by atoms with Crippen molar-refractivity contribution in [2.75, 3.05) is 20.3 Å². The molecule has 138 valence electrons. The molecule has 0 aromatic heterocycles. The van der Waals surface area contributed by atoms with E-state index in [9.17, 15) is 14.7 Å². The molecule has 1 heterocycles. The Morgan fingerprint density at radius 3 is 2.72 bits per heavy atom. The van der Waals surface area contributed by atoms with E-state index in [0.29, 0.717) is 48.1 Å². The standard InChI is InChI=1S/C18H24ClNO5/c1-4-8-25-16-14(19)9-12(10-15(16)24-3)17(21)20-7-5-6-13(11(20)2)18(22)23/h9-11,13H,4-8H2,1-3H3,(H,22,23)/t11-,13-/m0/s1. The molecule has 1 aromatic rings. The summed E-state index contributed by atoms with van der Waals surface area (Å²) in [6.07, 6.45) is 2.06. The fourth-order valence-corrected chi connectivity index (χ4v) is 3.38. The van der Waals surface area contributed by atoms with Gasteiger partial charge in [0.1, 0.15) is 0 Å². The number of ether oxygens (including phenoxy) is 2. The van der Waals surface area contributed by atoms with Gasteiger partial charge in [0, 0.05) is 18.2 Å². The number of hydrogen-bond donors (Lipinski definition) is 1. The maximum atomic E-state index is 12.9. The molecule has 1 saturated heterocycles. The number of aliphatic carboxylic acids is 1. The van der Waals surface area contributed by atoms with E-state index in [2.05, 4.69) is 0 Å². The van der Waals surface area contributed by atoms with Gasteiger partial charge in [-0.25, -0.2) is 0 Å². The van der Waals surface area contributed by atoms with E-state index >= 15 is 0 Å². The second-order valence-corrected chi connectivity index (χ2v) is 6.57. The van der Waals surface area contributed by atoms with E-state index in [1.807, 2.05) is 6.92 Å². The average molecular weight is 370 g/mol. The van der Waals surface area contributed by atoms with Crippen LogP contribution in [0, 0.1) is 5.92 Å². The maximum absolute atomic E-state index is 12.9. The Hall–Kier alpha value is -1.95. The molecule has 2 rings (SSSR count). The molecule has 2 atom stereocenters. The third-order valence-electron chi connectivity index (χ3n) is 4.49. The molecule has 0 bridgehead atoms. The molecule has 25 heavy (non-hydrogen) atoms. The molecule has 1 fully saturated rings. The number of rotatable bonds is 6. The number of methoxy groups -OCH3 is 1. The molecule has 1 N–H and O–H groups in total. The summed E-state index contributed by atoms with van der Waals surface area (Å²) in [7, 11) is 1.49. The lowest BCUT2D eigenvalue weighted by Crippen LogP contribution is -2.49. The van der Waals surface area contributed by atoms with Crippen LogP contribution in [0.2, 0.25) is 5.02 Å². The van der Waals surface area contributed by atoms with Gasteiger partial charge >= 0.3 is 5.97 Å². The molecule has 0 unspecified atom stereocenters. The molecule has 6 nitrogen and oxygen atoms in total. The lowest BCUT2D eigenvalue weighted by molar-refractivity contribution is -0.144. The number of halogens is 1. The van der Waals surface area contributed by atoms with Crippen molar-refractivity contribution in [2.45, 2.75) is 39.2 Å². The number of piperidine rings is 1. The quantitative estimate of drug-likeness (QED) is 0.830. The number of likely N-dealkylation sites (tertiary alicyclic amines) is 1. The van der Waals surface area contributed by atoms with Crippen molar-refractivity contribution in [3.05, 3.63) is 22.7 Å². The summed E-state index contributed by atoms with van der Waals surface area (Å²) in [5.74, 6) is -0.867. The molecule has 0 radical (unpaired) electrons. The van der Waals surface area contributed by atoms with Gasteiger partial charge in [-0.2, -0.15) is 0 Å². The lowest BCUT2D eigenvalue weighted by Gasteiger charge is -2.37. The number of carbonyl (C=O) groups excluding carboxylic acids is 1. The van der Waals surface area contributed by atoms with Crippen molar-refractivity contribution in [1.82, 2.24) is 4.90 Å². The molecule has 1 aromatic carbocycles. The first-order chi connectivity index (χ1) is 11.9. The van der Waals surface area contributed by atoms with Crippen molar-refractivity contribution in [2.24, 2.45) is 5.92 Å². The first-order valence-electron chi connectivity index (χ1n) is 8.44. The number of hydrogen-bond acceptors (Lipinski definition) is 4. The van der Waals surface area contributed by atoms with Gasteiger partial charge in [-0.05, 0) is 38.3 Å². The zero-order valence-corrected chi connectivity index (χ0v) is 15.5. The van der Waals surface area contributed by atoms with Gasteiger partial charge in [0.25, 0.3) is 5.91 Å². The Morgan fingerprint density at radius 1 is 1.40 bits per heavy atom. The van der Waals surface area contributed by atoms with Gasteiger partial charge in [-0.3, -0.25) is 9.59 Å². The summed E-state index contributed by atoms with van der Waals surface area (Å²) in [5, 5.41) is 9.63. The van der Waals surface area contributed by atoms with Gasteiger partial charge < -0.3 is 19.5 Å². The highest BCUT2D eigenvalue weighted by Crippen LogP contribution is 2.37. The van der Waals surface area contributed by atoms with Crippen molar-refractivity contribution < 1.29 is 24.2 Å². The smallest absolute Gasteiger partial charge is 0.308 e. The summed E-state index contributed by atoms with van der Waals surface area (Å²) in [6, 6.07) is 2.77. The second kappa shape index (κ2) is 8.43. The van der Waals surface area contributed by atoms with Gasteiger partial charge in [0.05, 0.1) is 24.7 Å². The molecule has 0 spiro atoms. The highest BCUT2D eigenvalue weighted by Gasteiger charge is 2.36. The zero-order valence-electron chi connectivity index (χ0n) is 14.8. The number of carboxylic acids is 1. The van der Waals surface area contributed by atoms with Gasteiger partial charge in [-0.15, -0.1) is 0 Å². The molecule has 7 heteroatoms. The minimum Gasteiger partial charge on any atom is -0.493 e. The normalized spacial score (nSPS) is 20.2. The van der Waals surface area contributed by atoms with Gasteiger partial charge in [0.15, 0.2) is 11.5 Å². The summed E-state index contributed by atoms with van der Waals surface area (Å²) in [6.45, 7) is 4.77. The molecule has 0 aliphatic carbocycles. The van der Waals surface area contributed by atoms with Crippen molar-refractivity contribution >= 4 is 23.5 Å². The van der Waals surface area contributed by atoms with E-state index in [-0.39, 0.29) is 11.9 Å². The fraction of sp³-hybridized carbons (Fsp3) is 0.556. The van der Waals surface area contributed by atoms with Crippen LogP contribution in [-0.4, -0.2) is 48.2 Å². The van der Waals surface area contributed by atoms with Crippen LogP contribution in [0.1, 0.15) is 43.5 Å². The third-order valence-corrected chi connectivity index (χ3v) is 4.77. The monoisotopic (exact) mass is 369 g/mol. The van der Waals surface area contributed by atoms with Crippen LogP contribution >= 0.6 is 11.6 Å². The first-order valence-corrected chi connectivity index (χ1v) is 8.82.